The molecule has 0 saturated carbocycles. The summed E-state index contributed by atoms with van der Waals surface area (Å²) >= 11 is 0. The van der Waals surface area contributed by atoms with E-state index in [9.17, 15) is 9.59 Å². The zero-order valence-corrected chi connectivity index (χ0v) is 12.0. The fourth-order valence-electron chi connectivity index (χ4n) is 2.04. The molecule has 1 N–H and O–H groups in total. The largest absolute Gasteiger partial charge is 0.439 e. The lowest BCUT2D eigenvalue weighted by molar-refractivity contribution is -0.124. The third kappa shape index (κ3) is 4.30. The zero-order valence-electron chi connectivity index (χ0n) is 12.0. The summed E-state index contributed by atoms with van der Waals surface area (Å²) in [5.41, 5.74) is 0. The van der Waals surface area contributed by atoms with Crippen molar-refractivity contribution in [1.82, 2.24) is 20.2 Å². The monoisotopic (exact) mass is 293 g/mol. The second-order valence-electron chi connectivity index (χ2n) is 4.55. The van der Waals surface area contributed by atoms with Gasteiger partial charge in [0.15, 0.2) is 6.61 Å². The highest BCUT2D eigenvalue weighted by Gasteiger charge is 2.23. The maximum Gasteiger partial charge on any atom is 0.410 e. The van der Waals surface area contributed by atoms with E-state index in [2.05, 4.69) is 20.2 Å². The van der Waals surface area contributed by atoms with Crippen molar-refractivity contribution in [3.05, 3.63) is 18.6 Å². The number of likely N-dealkylation sites (N-methyl/N-ethyl adjacent to an activating group) is 1. The van der Waals surface area contributed by atoms with Crippen molar-refractivity contribution in [2.75, 3.05) is 44.2 Å². The first-order valence-corrected chi connectivity index (χ1v) is 6.90. The molecule has 2 heterocycles. The van der Waals surface area contributed by atoms with E-state index in [0.717, 1.165) is 5.82 Å². The maximum absolute atomic E-state index is 11.8. The molecule has 1 aliphatic heterocycles. The average molecular weight is 293 g/mol. The second kappa shape index (κ2) is 7.41. The highest BCUT2D eigenvalue weighted by molar-refractivity contribution is 5.80. The number of nitrogens with zero attached hydrogens (tertiary/aromatic N) is 4. The number of aromatic nitrogens is 2. The number of carbonyl (C=O) groups excluding carboxylic acids is 2. The van der Waals surface area contributed by atoms with Crippen LogP contribution in [0.15, 0.2) is 18.6 Å². The number of nitrogens with one attached hydrogen (secondary N) is 1. The van der Waals surface area contributed by atoms with Crippen molar-refractivity contribution in [3.63, 3.8) is 0 Å². The third-order valence-electron chi connectivity index (χ3n) is 3.11. The number of amides is 2. The van der Waals surface area contributed by atoms with Crippen molar-refractivity contribution >= 4 is 17.8 Å². The lowest BCUT2D eigenvalue weighted by Crippen LogP contribution is -2.49. The van der Waals surface area contributed by atoms with Gasteiger partial charge in [-0.3, -0.25) is 9.78 Å². The van der Waals surface area contributed by atoms with E-state index in [1.54, 1.807) is 23.5 Å². The molecule has 0 aliphatic carbocycles. The molecule has 2 amide bonds. The number of hydrogen-bond acceptors (Lipinski definition) is 6. The lowest BCUT2D eigenvalue weighted by atomic mass is 10.3. The average Bonchev–Trinajstić information content (AvgIpc) is 2.54. The van der Waals surface area contributed by atoms with Crippen LogP contribution in [0.2, 0.25) is 0 Å². The third-order valence-corrected chi connectivity index (χ3v) is 3.11. The van der Waals surface area contributed by atoms with E-state index in [1.807, 2.05) is 6.92 Å². The summed E-state index contributed by atoms with van der Waals surface area (Å²) in [6.07, 6.45) is 4.50. The topological polar surface area (TPSA) is 87.7 Å². The Morgan fingerprint density at radius 1 is 1.29 bits per heavy atom. The number of rotatable bonds is 4. The van der Waals surface area contributed by atoms with E-state index < -0.39 is 6.09 Å². The second-order valence-corrected chi connectivity index (χ2v) is 4.55. The number of ether oxygens (including phenoxy) is 1. The van der Waals surface area contributed by atoms with Crippen LogP contribution in [0.3, 0.4) is 0 Å². The van der Waals surface area contributed by atoms with Crippen molar-refractivity contribution < 1.29 is 14.3 Å². The quantitative estimate of drug-likeness (QED) is 0.832. The van der Waals surface area contributed by atoms with Gasteiger partial charge in [-0.15, -0.1) is 0 Å². The number of piperazine rings is 1. The van der Waals surface area contributed by atoms with Crippen molar-refractivity contribution in [2.24, 2.45) is 0 Å². The fraction of sp³-hybridized carbons (Fsp3) is 0.538. The first-order valence-electron chi connectivity index (χ1n) is 6.90. The Bertz CT molecular complexity index is 474. The molecule has 0 aromatic carbocycles. The van der Waals surface area contributed by atoms with Gasteiger partial charge >= 0.3 is 6.09 Å². The molecule has 1 aromatic rings. The molecular formula is C13H19N5O3. The molecule has 0 atom stereocenters. The van der Waals surface area contributed by atoms with Crippen LogP contribution in [0.1, 0.15) is 6.92 Å². The Balaban J connectivity index is 1.76. The summed E-state index contributed by atoms with van der Waals surface area (Å²) in [5, 5.41) is 2.57. The van der Waals surface area contributed by atoms with Crippen LogP contribution < -0.4 is 10.2 Å². The molecule has 8 heteroatoms. The maximum atomic E-state index is 11.8. The molecule has 1 fully saturated rings. The highest BCUT2D eigenvalue weighted by Crippen LogP contribution is 2.11. The van der Waals surface area contributed by atoms with Crippen molar-refractivity contribution in [2.45, 2.75) is 6.92 Å². The van der Waals surface area contributed by atoms with Gasteiger partial charge in [0.05, 0.1) is 6.20 Å². The highest BCUT2D eigenvalue weighted by atomic mass is 16.6. The zero-order chi connectivity index (χ0) is 15.1. The first kappa shape index (κ1) is 15.0. The molecule has 1 aliphatic rings. The molecule has 0 unspecified atom stereocenters. The van der Waals surface area contributed by atoms with Crippen LogP contribution >= 0.6 is 0 Å². The molecule has 21 heavy (non-hydrogen) atoms. The van der Waals surface area contributed by atoms with Gasteiger partial charge in [0.2, 0.25) is 0 Å². The standard InChI is InChI=1S/C13H19N5O3/c1-2-15-12(19)10-21-13(20)18-7-5-17(6-8-18)11-9-14-3-4-16-11/h3-4,9H,2,5-8,10H2,1H3,(H,15,19). The summed E-state index contributed by atoms with van der Waals surface area (Å²) in [5.74, 6) is 0.511. The summed E-state index contributed by atoms with van der Waals surface area (Å²) in [6.45, 7) is 4.48. The molecule has 8 nitrogen and oxygen atoms in total. The summed E-state index contributed by atoms with van der Waals surface area (Å²) < 4.78 is 4.97. The predicted molar refractivity (Wildman–Crippen MR) is 75.8 cm³/mol. The lowest BCUT2D eigenvalue weighted by Gasteiger charge is -2.34. The van der Waals surface area contributed by atoms with Crippen LogP contribution in [-0.4, -0.2) is 66.2 Å². The van der Waals surface area contributed by atoms with Gasteiger partial charge in [-0.05, 0) is 6.92 Å². The minimum Gasteiger partial charge on any atom is -0.439 e. The number of carbonyl (C=O) groups is 2. The summed E-state index contributed by atoms with van der Waals surface area (Å²) in [4.78, 5) is 35.0. The normalized spacial score (nSPS) is 14.7. The molecule has 2 rings (SSSR count). The molecule has 114 valence electrons. The van der Waals surface area contributed by atoms with Gasteiger partial charge in [-0.2, -0.15) is 0 Å². The van der Waals surface area contributed by atoms with Gasteiger partial charge < -0.3 is 19.9 Å². The minimum absolute atomic E-state index is 0.239. The Labute approximate surface area is 123 Å². The minimum atomic E-state index is -0.458. The van der Waals surface area contributed by atoms with Gasteiger partial charge in [-0.1, -0.05) is 0 Å². The van der Waals surface area contributed by atoms with Crippen LogP contribution in [-0.2, 0) is 9.53 Å². The molecule has 0 bridgehead atoms. The van der Waals surface area contributed by atoms with E-state index in [-0.39, 0.29) is 12.5 Å². The number of anilines is 1. The van der Waals surface area contributed by atoms with Crippen LogP contribution in [0.5, 0.6) is 0 Å². The fourth-order valence-corrected chi connectivity index (χ4v) is 2.04. The Kier molecular flexibility index (Phi) is 5.30. The SMILES string of the molecule is CCNC(=O)COC(=O)N1CCN(c2cnccn2)CC1. The van der Waals surface area contributed by atoms with Gasteiger partial charge in [-0.25, -0.2) is 9.78 Å². The predicted octanol–water partition coefficient (Wildman–Crippen LogP) is -0.129. The van der Waals surface area contributed by atoms with Crippen molar-refractivity contribution in [3.8, 4) is 0 Å². The summed E-state index contributed by atoms with van der Waals surface area (Å²) in [7, 11) is 0. The molecule has 1 aromatic heterocycles. The van der Waals surface area contributed by atoms with Crippen LogP contribution in [0.25, 0.3) is 0 Å². The van der Waals surface area contributed by atoms with E-state index in [1.165, 1.54) is 0 Å². The van der Waals surface area contributed by atoms with Crippen LogP contribution in [0, 0.1) is 0 Å². The number of hydrogen-bond donors (Lipinski definition) is 1. The van der Waals surface area contributed by atoms with Gasteiger partial charge in [0.1, 0.15) is 5.82 Å². The van der Waals surface area contributed by atoms with Crippen LogP contribution in [0.4, 0.5) is 10.6 Å². The van der Waals surface area contributed by atoms with Gasteiger partial charge in [0.25, 0.3) is 5.91 Å². The van der Waals surface area contributed by atoms with E-state index in [4.69, 9.17) is 4.74 Å². The van der Waals surface area contributed by atoms with E-state index >= 15 is 0 Å². The molecule has 0 radical (unpaired) electrons. The molecule has 1 saturated heterocycles. The Morgan fingerprint density at radius 2 is 2.05 bits per heavy atom. The summed E-state index contributed by atoms with van der Waals surface area (Å²) in [6, 6.07) is 0. The van der Waals surface area contributed by atoms with Crippen molar-refractivity contribution in [1.29, 1.82) is 0 Å². The first-order chi connectivity index (χ1) is 10.2. The Morgan fingerprint density at radius 3 is 2.67 bits per heavy atom. The molecule has 0 spiro atoms. The smallest absolute Gasteiger partial charge is 0.410 e. The van der Waals surface area contributed by atoms with Gasteiger partial charge in [0, 0.05) is 45.1 Å². The molecular weight excluding hydrogens is 274 g/mol. The Hall–Kier alpha value is -2.38. The van der Waals surface area contributed by atoms with E-state index in [0.29, 0.717) is 32.7 Å².